The predicted molar refractivity (Wildman–Crippen MR) is 149 cm³/mol. The number of rotatable bonds is 11. The summed E-state index contributed by atoms with van der Waals surface area (Å²) >= 11 is 1.40. The lowest BCUT2D eigenvalue weighted by molar-refractivity contribution is -0.131. The zero-order chi connectivity index (χ0) is 26.2. The minimum Gasteiger partial charge on any atom is -0.497 e. The fraction of sp³-hybridized carbons (Fsp3) is 0.464. The monoisotopic (exact) mass is 523 g/mol. The van der Waals surface area contributed by atoms with Crippen LogP contribution < -0.4 is 19.3 Å². The van der Waals surface area contributed by atoms with Gasteiger partial charge in [-0.2, -0.15) is 4.37 Å². The molecule has 0 unspecified atom stereocenters. The summed E-state index contributed by atoms with van der Waals surface area (Å²) in [7, 11) is 1.67. The Balaban J connectivity index is 1.31. The van der Waals surface area contributed by atoms with E-state index in [1.165, 1.54) is 11.5 Å². The Morgan fingerprint density at radius 2 is 1.89 bits per heavy atom. The molecule has 1 aromatic heterocycles. The van der Waals surface area contributed by atoms with Crippen molar-refractivity contribution in [2.24, 2.45) is 0 Å². The molecule has 0 saturated carbocycles. The van der Waals surface area contributed by atoms with Crippen molar-refractivity contribution in [3.8, 4) is 11.5 Å². The number of anilines is 2. The average Bonchev–Trinajstić information content (AvgIpc) is 3.37. The zero-order valence-electron chi connectivity index (χ0n) is 22.2. The van der Waals surface area contributed by atoms with Gasteiger partial charge in [0.1, 0.15) is 17.3 Å². The highest BCUT2D eigenvalue weighted by molar-refractivity contribution is 7.09. The summed E-state index contributed by atoms with van der Waals surface area (Å²) in [6.45, 7) is 10.5. The van der Waals surface area contributed by atoms with Gasteiger partial charge in [0.15, 0.2) is 0 Å². The van der Waals surface area contributed by atoms with Gasteiger partial charge in [0.25, 0.3) is 0 Å². The largest absolute Gasteiger partial charge is 0.497 e. The van der Waals surface area contributed by atoms with E-state index in [0.29, 0.717) is 39.1 Å². The third-order valence-electron chi connectivity index (χ3n) is 6.53. The fourth-order valence-electron chi connectivity index (χ4n) is 4.54. The van der Waals surface area contributed by atoms with Crippen molar-refractivity contribution in [1.29, 1.82) is 0 Å². The molecule has 9 heteroatoms. The Morgan fingerprint density at radius 3 is 2.62 bits per heavy atom. The molecule has 1 saturated heterocycles. The highest BCUT2D eigenvalue weighted by Gasteiger charge is 2.24. The van der Waals surface area contributed by atoms with E-state index < -0.39 is 0 Å². The van der Waals surface area contributed by atoms with Crippen molar-refractivity contribution in [2.45, 2.75) is 39.7 Å². The topological polar surface area (TPSA) is 71.0 Å². The Morgan fingerprint density at radius 1 is 1.11 bits per heavy atom. The molecule has 8 nitrogen and oxygen atoms in total. The summed E-state index contributed by atoms with van der Waals surface area (Å²) in [6.07, 6.45) is 1.10. The van der Waals surface area contributed by atoms with Crippen molar-refractivity contribution in [2.75, 3.05) is 56.2 Å². The van der Waals surface area contributed by atoms with Crippen molar-refractivity contribution in [3.63, 3.8) is 0 Å². The first-order valence-corrected chi connectivity index (χ1v) is 13.7. The van der Waals surface area contributed by atoms with Crippen LogP contribution in [-0.4, -0.2) is 72.6 Å². The molecule has 1 aliphatic heterocycles. The maximum Gasteiger partial charge on any atom is 0.224 e. The van der Waals surface area contributed by atoms with Crippen LogP contribution in [-0.2, 0) is 11.2 Å². The molecule has 0 bridgehead atoms. The van der Waals surface area contributed by atoms with E-state index in [0.717, 1.165) is 46.8 Å². The Kier molecular flexibility index (Phi) is 9.22. The number of hydrogen-bond donors (Lipinski definition) is 0. The lowest BCUT2D eigenvalue weighted by Gasteiger charge is -2.37. The number of carbonyl (C=O) groups is 1. The van der Waals surface area contributed by atoms with Crippen molar-refractivity contribution < 1.29 is 14.3 Å². The fourth-order valence-corrected chi connectivity index (χ4v) is 5.39. The molecule has 198 valence electrons. The normalized spacial score (nSPS) is 13.6. The van der Waals surface area contributed by atoms with Gasteiger partial charge < -0.3 is 24.2 Å². The molecule has 0 spiro atoms. The number of amides is 1. The van der Waals surface area contributed by atoms with E-state index in [1.807, 2.05) is 48.2 Å². The number of hydrogen-bond acceptors (Lipinski definition) is 8. The quantitative estimate of drug-likeness (QED) is 0.367. The number of nitrogens with zero attached hydrogens (tertiary/aromatic N) is 5. The first-order valence-electron chi connectivity index (χ1n) is 12.9. The molecule has 3 aromatic rings. The Hall–Kier alpha value is -3.33. The van der Waals surface area contributed by atoms with Crippen LogP contribution in [0.15, 0.2) is 48.5 Å². The zero-order valence-corrected chi connectivity index (χ0v) is 23.0. The lowest BCUT2D eigenvalue weighted by Crippen LogP contribution is -2.49. The number of ether oxygens (including phenoxy) is 2. The molecule has 37 heavy (non-hydrogen) atoms. The second kappa shape index (κ2) is 12.8. The van der Waals surface area contributed by atoms with Gasteiger partial charge in [0.05, 0.1) is 19.4 Å². The van der Waals surface area contributed by atoms with Crippen molar-refractivity contribution in [1.82, 2.24) is 14.3 Å². The van der Waals surface area contributed by atoms with Gasteiger partial charge in [-0.3, -0.25) is 4.79 Å². The van der Waals surface area contributed by atoms with E-state index >= 15 is 0 Å². The van der Waals surface area contributed by atoms with Crippen molar-refractivity contribution >= 4 is 28.3 Å². The number of aromatic nitrogens is 2. The molecule has 2 heterocycles. The van der Waals surface area contributed by atoms with Crippen LogP contribution in [0.2, 0.25) is 0 Å². The van der Waals surface area contributed by atoms with Crippen LogP contribution in [0.4, 0.5) is 10.8 Å². The van der Waals surface area contributed by atoms with E-state index in [4.69, 9.17) is 14.5 Å². The van der Waals surface area contributed by atoms with Crippen LogP contribution >= 0.6 is 11.5 Å². The van der Waals surface area contributed by atoms with Gasteiger partial charge in [0.2, 0.25) is 11.0 Å². The molecular weight excluding hydrogens is 486 g/mol. The number of carbonyl (C=O) groups excluding carboxylic acids is 1. The van der Waals surface area contributed by atoms with Gasteiger partial charge >= 0.3 is 0 Å². The molecule has 1 amide bonds. The Bertz CT molecular complexity index is 1160. The van der Waals surface area contributed by atoms with Gasteiger partial charge in [-0.1, -0.05) is 24.3 Å². The van der Waals surface area contributed by atoms with E-state index in [1.54, 1.807) is 7.11 Å². The van der Waals surface area contributed by atoms with E-state index in [-0.39, 0.29) is 11.9 Å². The van der Waals surface area contributed by atoms with Gasteiger partial charge in [-0.25, -0.2) is 4.98 Å². The number of para-hydroxylation sites is 2. The average molecular weight is 524 g/mol. The molecule has 4 rings (SSSR count). The summed E-state index contributed by atoms with van der Waals surface area (Å²) in [6, 6.07) is 16.3. The second-order valence-electron chi connectivity index (χ2n) is 9.33. The van der Waals surface area contributed by atoms with Crippen LogP contribution in [0.5, 0.6) is 11.5 Å². The van der Waals surface area contributed by atoms with E-state index in [9.17, 15) is 4.79 Å². The van der Waals surface area contributed by atoms with Gasteiger partial charge in [-0.15, -0.1) is 0 Å². The van der Waals surface area contributed by atoms with Crippen LogP contribution in [0.25, 0.3) is 0 Å². The maximum absolute atomic E-state index is 13.1. The first-order chi connectivity index (χ1) is 18.0. The predicted octanol–water partition coefficient (Wildman–Crippen LogP) is 4.49. The highest BCUT2D eigenvalue weighted by Crippen LogP contribution is 2.29. The molecule has 0 aliphatic carbocycles. The smallest absolute Gasteiger partial charge is 0.224 e. The lowest BCUT2D eigenvalue weighted by atomic mass is 10.1. The summed E-state index contributed by atoms with van der Waals surface area (Å²) in [4.78, 5) is 24.3. The third kappa shape index (κ3) is 6.91. The maximum atomic E-state index is 13.1. The summed E-state index contributed by atoms with van der Waals surface area (Å²) < 4.78 is 15.7. The molecule has 0 atom stereocenters. The van der Waals surface area contributed by atoms with Gasteiger partial charge in [0, 0.05) is 63.1 Å². The van der Waals surface area contributed by atoms with E-state index in [2.05, 4.69) is 40.2 Å². The molecule has 1 aliphatic rings. The SMILES string of the molecule is CCOc1ccccc1N1CCN(C(=O)CCN(c2nc(Cc3cccc(OC)c3)ns2)C(C)C)CC1. The summed E-state index contributed by atoms with van der Waals surface area (Å²) in [5.74, 6) is 2.70. The van der Waals surface area contributed by atoms with Crippen LogP contribution in [0, 0.1) is 0 Å². The minimum atomic E-state index is 0.185. The van der Waals surface area contributed by atoms with Gasteiger partial charge in [-0.05, 0) is 50.6 Å². The molecule has 2 aromatic carbocycles. The molecule has 1 fully saturated rings. The summed E-state index contributed by atoms with van der Waals surface area (Å²) in [5.41, 5.74) is 2.21. The Labute approximate surface area is 224 Å². The number of piperazine rings is 1. The highest BCUT2D eigenvalue weighted by atomic mass is 32.1. The van der Waals surface area contributed by atoms with Crippen molar-refractivity contribution in [3.05, 3.63) is 59.9 Å². The molecule has 0 radical (unpaired) electrons. The third-order valence-corrected chi connectivity index (χ3v) is 7.32. The minimum absolute atomic E-state index is 0.185. The number of methoxy groups -OCH3 is 1. The first kappa shape index (κ1) is 26.7. The standard InChI is InChI=1S/C28H37N5O3S/c1-5-36-25-12-7-6-11-24(25)31-15-17-32(18-16-31)27(34)13-14-33(21(2)3)28-29-26(30-37-28)20-22-9-8-10-23(19-22)35-4/h6-12,19,21H,5,13-18,20H2,1-4H3. The molecule has 0 N–H and O–H groups in total. The number of benzene rings is 2. The second-order valence-corrected chi connectivity index (χ2v) is 10.1. The summed E-state index contributed by atoms with van der Waals surface area (Å²) in [5, 5.41) is 0.859. The molecular formula is C28H37N5O3S. The van der Waals surface area contributed by atoms with Crippen LogP contribution in [0.3, 0.4) is 0 Å². The van der Waals surface area contributed by atoms with Crippen LogP contribution in [0.1, 0.15) is 38.6 Å².